The largest absolute Gasteiger partial charge is 1.00 e. The van der Waals surface area contributed by atoms with Gasteiger partial charge >= 0.3 is 0 Å². The fourth-order valence-corrected chi connectivity index (χ4v) is 6.30. The highest BCUT2D eigenvalue weighted by molar-refractivity contribution is 5.21. The standard InChI is InChI=1S/C38H74N2.2ClH/c1-7-9-11-13-15-17-19-21-23-25-27-33-39(3,4)35-37-29-31-38(32-30-37)36-40(5,6)34-28-26-24-22-20-18-16-14-12-10-8-2;;/h29-32H,7-28,33-36H2,1-6H3;2*1H/q+2;;/p-2. The lowest BCUT2D eigenvalue weighted by Gasteiger charge is -2.31. The van der Waals surface area contributed by atoms with Gasteiger partial charge in [-0.05, 0) is 25.7 Å². The number of unbranched alkanes of at least 4 members (excludes halogenated alkanes) is 20. The van der Waals surface area contributed by atoms with E-state index in [1.165, 1.54) is 165 Å². The summed E-state index contributed by atoms with van der Waals surface area (Å²) in [6, 6.07) is 9.60. The molecule has 0 saturated heterocycles. The maximum atomic E-state index is 2.41. The van der Waals surface area contributed by atoms with Gasteiger partial charge in [-0.2, -0.15) is 0 Å². The Bertz CT molecular complexity index is 628. The van der Waals surface area contributed by atoms with Crippen LogP contribution in [0.4, 0.5) is 0 Å². The topological polar surface area (TPSA) is 0 Å². The normalized spacial score (nSPS) is 11.8. The van der Waals surface area contributed by atoms with Crippen LogP contribution in [-0.2, 0) is 13.1 Å². The summed E-state index contributed by atoms with van der Waals surface area (Å²) in [5.74, 6) is 0. The molecule has 0 fully saturated rings. The Hall–Kier alpha value is -0.280. The van der Waals surface area contributed by atoms with Gasteiger partial charge < -0.3 is 33.8 Å². The summed E-state index contributed by atoms with van der Waals surface area (Å²) in [6.07, 6.45) is 31.4. The summed E-state index contributed by atoms with van der Waals surface area (Å²) < 4.78 is 2.22. The molecule has 0 unspecified atom stereocenters. The number of halogens is 2. The van der Waals surface area contributed by atoms with E-state index in [-0.39, 0.29) is 24.8 Å². The molecule has 0 spiro atoms. The second-order valence-electron chi connectivity index (χ2n) is 14.5. The van der Waals surface area contributed by atoms with Crippen LogP contribution in [0.15, 0.2) is 24.3 Å². The zero-order valence-electron chi connectivity index (χ0n) is 29.3. The number of nitrogens with zero attached hydrogens (tertiary/aromatic N) is 2. The third-order valence-corrected chi connectivity index (χ3v) is 8.98. The number of quaternary nitrogens is 2. The minimum Gasteiger partial charge on any atom is -1.00 e. The lowest BCUT2D eigenvalue weighted by Crippen LogP contribution is -3.00. The minimum absolute atomic E-state index is 0. The van der Waals surface area contributed by atoms with Gasteiger partial charge in [-0.25, -0.2) is 0 Å². The van der Waals surface area contributed by atoms with Crippen molar-refractivity contribution in [3.63, 3.8) is 0 Å². The van der Waals surface area contributed by atoms with E-state index in [0.29, 0.717) is 0 Å². The molecule has 0 atom stereocenters. The molecule has 4 heteroatoms. The van der Waals surface area contributed by atoms with Crippen LogP contribution in [0.2, 0.25) is 0 Å². The van der Waals surface area contributed by atoms with Crippen molar-refractivity contribution in [2.45, 2.75) is 168 Å². The van der Waals surface area contributed by atoms with Gasteiger partial charge in [0.1, 0.15) is 13.1 Å². The van der Waals surface area contributed by atoms with Gasteiger partial charge in [0.05, 0.1) is 41.3 Å². The maximum absolute atomic E-state index is 2.41. The van der Waals surface area contributed by atoms with Gasteiger partial charge in [-0.15, -0.1) is 0 Å². The molecular weight excluding hydrogens is 555 g/mol. The first-order chi connectivity index (χ1) is 19.3. The fourth-order valence-electron chi connectivity index (χ4n) is 6.30. The summed E-state index contributed by atoms with van der Waals surface area (Å²) in [5.41, 5.74) is 2.99. The lowest BCUT2D eigenvalue weighted by atomic mass is 10.1. The molecule has 0 aliphatic heterocycles. The van der Waals surface area contributed by atoms with Crippen LogP contribution < -0.4 is 24.8 Å². The van der Waals surface area contributed by atoms with Gasteiger partial charge in [-0.3, -0.25) is 0 Å². The molecule has 0 heterocycles. The van der Waals surface area contributed by atoms with Crippen LogP contribution in [0.5, 0.6) is 0 Å². The molecule has 1 aromatic carbocycles. The van der Waals surface area contributed by atoms with Crippen molar-refractivity contribution in [3.8, 4) is 0 Å². The van der Waals surface area contributed by atoms with E-state index in [0.717, 1.165) is 22.1 Å². The second kappa shape index (κ2) is 28.2. The predicted octanol–water partition coefficient (Wildman–Crippen LogP) is 5.47. The van der Waals surface area contributed by atoms with Crippen LogP contribution in [-0.4, -0.2) is 50.2 Å². The molecule has 250 valence electrons. The SMILES string of the molecule is CCCCCCCCCCCCC[N+](C)(C)Cc1ccc(C[N+](C)(C)CCCCCCCCCCCCC)cc1.[Cl-].[Cl-]. The molecule has 42 heavy (non-hydrogen) atoms. The van der Waals surface area contributed by atoms with Crippen molar-refractivity contribution < 1.29 is 33.8 Å². The average molecular weight is 630 g/mol. The molecule has 0 N–H and O–H groups in total. The number of hydrogen-bond acceptors (Lipinski definition) is 0. The summed E-state index contributed by atoms with van der Waals surface area (Å²) >= 11 is 0. The molecule has 1 aromatic rings. The Morgan fingerprint density at radius 3 is 0.810 bits per heavy atom. The molecule has 1 rings (SSSR count). The molecular formula is C38H74Cl2N2. The highest BCUT2D eigenvalue weighted by atomic mass is 35.5. The maximum Gasteiger partial charge on any atom is 0.104 e. The van der Waals surface area contributed by atoms with Crippen LogP contribution in [0.1, 0.15) is 166 Å². The number of hydrogen-bond donors (Lipinski definition) is 0. The Labute approximate surface area is 277 Å². The highest BCUT2D eigenvalue weighted by Gasteiger charge is 2.18. The second-order valence-corrected chi connectivity index (χ2v) is 14.5. The van der Waals surface area contributed by atoms with E-state index < -0.39 is 0 Å². The van der Waals surface area contributed by atoms with Crippen LogP contribution in [0.25, 0.3) is 0 Å². The summed E-state index contributed by atoms with van der Waals surface area (Å²) in [6.45, 7) is 9.49. The van der Waals surface area contributed by atoms with E-state index in [4.69, 9.17) is 0 Å². The Kier molecular flexibility index (Phi) is 29.5. The van der Waals surface area contributed by atoms with E-state index >= 15 is 0 Å². The first-order valence-electron chi connectivity index (χ1n) is 18.0. The third-order valence-electron chi connectivity index (χ3n) is 8.98. The van der Waals surface area contributed by atoms with Crippen LogP contribution in [0, 0.1) is 0 Å². The average Bonchev–Trinajstić information content (AvgIpc) is 2.91. The quantitative estimate of drug-likeness (QED) is 0.0853. The molecule has 0 aliphatic rings. The smallest absolute Gasteiger partial charge is 0.104 e. The summed E-state index contributed by atoms with van der Waals surface area (Å²) in [5, 5.41) is 0. The molecule has 0 aliphatic carbocycles. The lowest BCUT2D eigenvalue weighted by molar-refractivity contribution is -0.904. The van der Waals surface area contributed by atoms with Crippen molar-refractivity contribution in [3.05, 3.63) is 35.4 Å². The zero-order chi connectivity index (χ0) is 29.4. The molecule has 0 radical (unpaired) electrons. The van der Waals surface area contributed by atoms with E-state index in [9.17, 15) is 0 Å². The minimum atomic E-state index is 0. The number of benzene rings is 1. The van der Waals surface area contributed by atoms with E-state index in [1.807, 2.05) is 0 Å². The third kappa shape index (κ3) is 26.2. The van der Waals surface area contributed by atoms with Crippen molar-refractivity contribution in [2.24, 2.45) is 0 Å². The zero-order valence-corrected chi connectivity index (χ0v) is 30.9. The predicted molar refractivity (Wildman–Crippen MR) is 181 cm³/mol. The van der Waals surface area contributed by atoms with Gasteiger partial charge in [-0.1, -0.05) is 154 Å². The van der Waals surface area contributed by atoms with Gasteiger partial charge in [0.15, 0.2) is 0 Å². The molecule has 0 saturated carbocycles. The van der Waals surface area contributed by atoms with Gasteiger partial charge in [0.2, 0.25) is 0 Å². The first kappa shape index (κ1) is 43.8. The van der Waals surface area contributed by atoms with E-state index in [2.05, 4.69) is 66.3 Å². The highest BCUT2D eigenvalue weighted by Crippen LogP contribution is 2.18. The Balaban J connectivity index is 0. The molecule has 0 aromatic heterocycles. The van der Waals surface area contributed by atoms with Gasteiger partial charge in [0, 0.05) is 11.1 Å². The monoisotopic (exact) mass is 629 g/mol. The van der Waals surface area contributed by atoms with E-state index in [1.54, 1.807) is 0 Å². The van der Waals surface area contributed by atoms with Crippen molar-refractivity contribution >= 4 is 0 Å². The number of rotatable bonds is 28. The molecule has 2 nitrogen and oxygen atoms in total. The summed E-state index contributed by atoms with van der Waals surface area (Å²) in [4.78, 5) is 0. The molecule has 0 bridgehead atoms. The van der Waals surface area contributed by atoms with Crippen LogP contribution in [0.3, 0.4) is 0 Å². The summed E-state index contributed by atoms with van der Waals surface area (Å²) in [7, 11) is 9.66. The Morgan fingerprint density at radius 1 is 0.357 bits per heavy atom. The first-order valence-corrected chi connectivity index (χ1v) is 18.0. The van der Waals surface area contributed by atoms with Crippen molar-refractivity contribution in [1.82, 2.24) is 0 Å². The Morgan fingerprint density at radius 2 is 0.571 bits per heavy atom. The van der Waals surface area contributed by atoms with Crippen molar-refractivity contribution in [2.75, 3.05) is 41.3 Å². The fraction of sp³-hybridized carbons (Fsp3) is 0.842. The van der Waals surface area contributed by atoms with Crippen LogP contribution >= 0.6 is 0 Å². The van der Waals surface area contributed by atoms with Gasteiger partial charge in [0.25, 0.3) is 0 Å². The molecule has 0 amide bonds. The van der Waals surface area contributed by atoms with Crippen molar-refractivity contribution in [1.29, 1.82) is 0 Å².